The Morgan fingerprint density at radius 3 is 1.56 bits per heavy atom. The minimum atomic E-state index is -2.23. The molecular formula is C28H34O4S2Si2. The predicted octanol–water partition coefficient (Wildman–Crippen LogP) is 6.39. The van der Waals surface area contributed by atoms with Crippen molar-refractivity contribution >= 4 is 70.2 Å². The Morgan fingerprint density at radius 1 is 0.694 bits per heavy atom. The molecule has 4 rings (SSSR count). The van der Waals surface area contributed by atoms with E-state index in [4.69, 9.17) is 4.18 Å². The summed E-state index contributed by atoms with van der Waals surface area (Å²) in [5.74, 6) is 0. The van der Waals surface area contributed by atoms with E-state index in [1.54, 1.807) is 6.07 Å². The second kappa shape index (κ2) is 10.1. The van der Waals surface area contributed by atoms with Gasteiger partial charge in [0.25, 0.3) is 0 Å². The average molecular weight is 555 g/mol. The molecule has 0 aliphatic heterocycles. The number of benzene rings is 4. The Kier molecular flexibility index (Phi) is 7.59. The topological polar surface area (TPSA) is 63.6 Å². The largest absolute Gasteiger partial charge is 0.302 e. The molecule has 0 bridgehead atoms. The minimum absolute atomic E-state index is 0.298. The molecule has 2 atom stereocenters. The molecule has 0 fully saturated rings. The highest BCUT2D eigenvalue weighted by Crippen LogP contribution is 2.41. The summed E-state index contributed by atoms with van der Waals surface area (Å²) in [6.45, 7) is 15.9. The summed E-state index contributed by atoms with van der Waals surface area (Å²) in [4.78, 5) is 0.818. The van der Waals surface area contributed by atoms with Gasteiger partial charge in [-0.3, -0.25) is 4.18 Å². The minimum Gasteiger partial charge on any atom is -0.302 e. The first-order valence-electron chi connectivity index (χ1n) is 12.1. The number of rotatable bonds is 7. The zero-order chi connectivity index (χ0) is 26.4. The molecule has 0 aromatic heterocycles. The quantitative estimate of drug-likeness (QED) is 0.212. The number of fused-ring (bicyclic) bond motifs is 2. The third-order valence-electron chi connectivity index (χ3n) is 6.54. The van der Waals surface area contributed by atoms with Crippen molar-refractivity contribution in [1.82, 2.24) is 0 Å². The van der Waals surface area contributed by atoms with E-state index in [0.717, 1.165) is 21.5 Å². The van der Waals surface area contributed by atoms with Gasteiger partial charge in [0.15, 0.2) is 22.2 Å². The Morgan fingerprint density at radius 2 is 1.14 bits per heavy atom. The van der Waals surface area contributed by atoms with Crippen LogP contribution < -0.4 is 10.4 Å². The summed E-state index contributed by atoms with van der Waals surface area (Å²) in [7, 11) is -3.13. The average Bonchev–Trinajstić information content (AvgIpc) is 2.80. The van der Waals surface area contributed by atoms with Crippen LogP contribution in [0.1, 0.15) is 6.92 Å². The molecule has 4 aromatic rings. The van der Waals surface area contributed by atoms with Crippen LogP contribution in [0.5, 0.6) is 0 Å². The number of hydrogen-bond donors (Lipinski definition) is 1. The fourth-order valence-corrected chi connectivity index (χ4v) is 8.34. The van der Waals surface area contributed by atoms with Crippen molar-refractivity contribution in [2.24, 2.45) is 0 Å². The van der Waals surface area contributed by atoms with Gasteiger partial charge in [-0.1, -0.05) is 98.2 Å². The molecule has 8 heteroatoms. The lowest BCUT2D eigenvalue weighted by molar-refractivity contribution is 0.372. The molecule has 0 aliphatic rings. The van der Waals surface area contributed by atoms with Crippen LogP contribution in [-0.4, -0.2) is 35.7 Å². The first-order valence-corrected chi connectivity index (χ1v) is 21.3. The lowest BCUT2D eigenvalue weighted by atomic mass is 9.93. The normalized spacial score (nSPS) is 14.3. The molecule has 0 heterocycles. The fraction of sp³-hybridized carbons (Fsp3) is 0.286. The van der Waals surface area contributed by atoms with Crippen molar-refractivity contribution in [3.8, 4) is 11.1 Å². The summed E-state index contributed by atoms with van der Waals surface area (Å²) in [5, 5.41) is 6.43. The van der Waals surface area contributed by atoms with Crippen LogP contribution in [-0.2, 0) is 26.3 Å². The lowest BCUT2D eigenvalue weighted by Gasteiger charge is -2.21. The van der Waals surface area contributed by atoms with Gasteiger partial charge in [-0.2, -0.15) is 0 Å². The standard InChI is InChI=1S/C28H34O4S2Si2/c1-8-32-34(31)26-16-10-20-18-22(36(5,6)7)12-14-24(20)28(26)27-23-13-11-21(35(2,3)4)17-19(23)9-15-25(27)33(29)30/h9-18H,8H2,1-7H3,(H,29,30). The molecule has 0 spiro atoms. The van der Waals surface area contributed by atoms with Gasteiger partial charge in [-0.25, -0.2) is 8.42 Å². The SMILES string of the molecule is CCOS(=O)c1ccc2cc([Si](C)(C)C)ccc2c1-c1c(S(=O)O)ccc2cc([Si](C)(C)C)ccc12. The van der Waals surface area contributed by atoms with Crippen molar-refractivity contribution in [3.63, 3.8) is 0 Å². The van der Waals surface area contributed by atoms with Crippen molar-refractivity contribution in [2.45, 2.75) is 56.0 Å². The summed E-state index contributed by atoms with van der Waals surface area (Å²) in [6, 6.07) is 20.3. The third kappa shape index (κ3) is 5.21. The van der Waals surface area contributed by atoms with Crippen LogP contribution in [0, 0.1) is 0 Å². The summed E-state index contributed by atoms with van der Waals surface area (Å²) < 4.78 is 41.8. The van der Waals surface area contributed by atoms with Gasteiger partial charge < -0.3 is 4.55 Å². The monoisotopic (exact) mass is 554 g/mol. The molecule has 2 unspecified atom stereocenters. The van der Waals surface area contributed by atoms with Crippen LogP contribution >= 0.6 is 0 Å². The molecule has 0 radical (unpaired) electrons. The van der Waals surface area contributed by atoms with Crippen LogP contribution in [0.25, 0.3) is 32.7 Å². The summed E-state index contributed by atoms with van der Waals surface area (Å²) >= 11 is -3.95. The van der Waals surface area contributed by atoms with E-state index in [1.807, 2.05) is 25.1 Å². The van der Waals surface area contributed by atoms with Gasteiger partial charge in [-0.05, 0) is 40.6 Å². The first-order chi connectivity index (χ1) is 16.8. The van der Waals surface area contributed by atoms with Crippen LogP contribution in [0.15, 0.2) is 70.5 Å². The second-order valence-corrected chi connectivity index (χ2v) is 23.4. The summed E-state index contributed by atoms with van der Waals surface area (Å²) in [5.41, 5.74) is 1.34. The Balaban J connectivity index is 2.16. The molecular weight excluding hydrogens is 521 g/mol. The number of hydrogen-bond acceptors (Lipinski definition) is 3. The van der Waals surface area contributed by atoms with E-state index in [0.29, 0.717) is 27.5 Å². The zero-order valence-corrected chi connectivity index (χ0v) is 25.6. The molecule has 1 N–H and O–H groups in total. The van der Waals surface area contributed by atoms with Crippen LogP contribution in [0.3, 0.4) is 0 Å². The predicted molar refractivity (Wildman–Crippen MR) is 160 cm³/mol. The van der Waals surface area contributed by atoms with Gasteiger partial charge in [0.05, 0.1) is 32.5 Å². The maximum absolute atomic E-state index is 13.3. The Bertz CT molecular complexity index is 1520. The molecule has 190 valence electrons. The van der Waals surface area contributed by atoms with E-state index in [9.17, 15) is 13.0 Å². The van der Waals surface area contributed by atoms with Gasteiger partial charge >= 0.3 is 0 Å². The van der Waals surface area contributed by atoms with Crippen molar-refractivity contribution < 1.29 is 17.2 Å². The molecule has 0 aliphatic carbocycles. The van der Waals surface area contributed by atoms with Gasteiger partial charge in [0.2, 0.25) is 0 Å². The van der Waals surface area contributed by atoms with E-state index in [-0.39, 0.29) is 0 Å². The van der Waals surface area contributed by atoms with E-state index < -0.39 is 38.3 Å². The van der Waals surface area contributed by atoms with Crippen LogP contribution in [0.4, 0.5) is 0 Å². The fourth-order valence-electron chi connectivity index (χ4n) is 4.52. The Hall–Kier alpha value is -1.95. The Labute approximate surface area is 221 Å². The van der Waals surface area contributed by atoms with E-state index >= 15 is 0 Å². The lowest BCUT2D eigenvalue weighted by Crippen LogP contribution is -2.37. The zero-order valence-electron chi connectivity index (χ0n) is 22.0. The van der Waals surface area contributed by atoms with Gasteiger partial charge in [-0.15, -0.1) is 0 Å². The van der Waals surface area contributed by atoms with Crippen molar-refractivity contribution in [3.05, 3.63) is 60.7 Å². The van der Waals surface area contributed by atoms with Gasteiger partial charge in [0.1, 0.15) is 0 Å². The van der Waals surface area contributed by atoms with E-state index in [2.05, 4.69) is 75.7 Å². The second-order valence-electron chi connectivity index (χ2n) is 11.1. The highest BCUT2D eigenvalue weighted by atomic mass is 32.2. The molecule has 0 saturated heterocycles. The first kappa shape index (κ1) is 27.1. The molecule has 4 nitrogen and oxygen atoms in total. The molecule has 4 aromatic carbocycles. The highest BCUT2D eigenvalue weighted by molar-refractivity contribution is 7.80. The molecule has 0 saturated carbocycles. The van der Waals surface area contributed by atoms with Crippen molar-refractivity contribution in [1.29, 1.82) is 0 Å². The van der Waals surface area contributed by atoms with E-state index in [1.165, 1.54) is 10.4 Å². The smallest absolute Gasteiger partial charge is 0.189 e. The maximum Gasteiger partial charge on any atom is 0.189 e. The van der Waals surface area contributed by atoms with Gasteiger partial charge in [0, 0.05) is 11.1 Å². The molecule has 0 amide bonds. The van der Waals surface area contributed by atoms with Crippen LogP contribution in [0.2, 0.25) is 39.3 Å². The maximum atomic E-state index is 13.3. The highest BCUT2D eigenvalue weighted by Gasteiger charge is 2.25. The molecule has 36 heavy (non-hydrogen) atoms. The summed E-state index contributed by atoms with van der Waals surface area (Å²) in [6.07, 6.45) is 0. The van der Waals surface area contributed by atoms with Crippen molar-refractivity contribution in [2.75, 3.05) is 6.61 Å². The third-order valence-corrected chi connectivity index (χ3v) is 12.5.